The van der Waals surface area contributed by atoms with E-state index >= 15 is 0 Å². The maximum atomic E-state index is 13.8. The van der Waals surface area contributed by atoms with E-state index in [2.05, 4.69) is 20.5 Å². The maximum Gasteiger partial charge on any atom is 0.261 e. The number of guanidine groups is 1. The summed E-state index contributed by atoms with van der Waals surface area (Å²) in [7, 11) is 0. The van der Waals surface area contributed by atoms with Crippen LogP contribution in [0.15, 0.2) is 35.3 Å². The third-order valence-electron chi connectivity index (χ3n) is 4.58. The third kappa shape index (κ3) is 2.65. The topological polar surface area (TPSA) is 78.1 Å². The molecular weight excluding hydrogens is 335 g/mol. The Bertz CT molecular complexity index is 1010. The van der Waals surface area contributed by atoms with Crippen LogP contribution in [0.4, 0.5) is 10.1 Å². The summed E-state index contributed by atoms with van der Waals surface area (Å²) in [4.78, 5) is 20.6. The molecule has 0 saturated heterocycles. The first-order valence-electron chi connectivity index (χ1n) is 8.13. The summed E-state index contributed by atoms with van der Waals surface area (Å²) in [6.45, 7) is 9.16. The minimum absolute atomic E-state index is 0.0720. The van der Waals surface area contributed by atoms with Crippen molar-refractivity contribution in [1.29, 1.82) is 0 Å². The van der Waals surface area contributed by atoms with Gasteiger partial charge in [0.25, 0.3) is 5.91 Å². The Hall–Kier alpha value is -3.40. The van der Waals surface area contributed by atoms with Crippen LogP contribution in [0.25, 0.3) is 16.0 Å². The molecule has 2 aromatic rings. The second-order valence-corrected chi connectivity index (χ2v) is 6.41. The number of halogens is 1. The van der Waals surface area contributed by atoms with E-state index in [4.69, 9.17) is 6.57 Å². The SMILES string of the molecule is [C-]#[N+]c1ccc(O)c(C(=O)NC2=NC3CC3N2)c1-c1cc(F)ccc1C. The summed E-state index contributed by atoms with van der Waals surface area (Å²) in [5, 5.41) is 16.0. The van der Waals surface area contributed by atoms with Crippen LogP contribution in [-0.2, 0) is 0 Å². The Morgan fingerprint density at radius 3 is 2.92 bits per heavy atom. The van der Waals surface area contributed by atoms with Gasteiger partial charge in [-0.1, -0.05) is 12.1 Å². The van der Waals surface area contributed by atoms with E-state index in [1.54, 1.807) is 13.0 Å². The van der Waals surface area contributed by atoms with E-state index in [1.807, 2.05) is 0 Å². The van der Waals surface area contributed by atoms with Gasteiger partial charge in [0.15, 0.2) is 11.6 Å². The van der Waals surface area contributed by atoms with E-state index in [-0.39, 0.29) is 34.6 Å². The van der Waals surface area contributed by atoms with Gasteiger partial charge in [-0.25, -0.2) is 14.2 Å². The van der Waals surface area contributed by atoms with Gasteiger partial charge >= 0.3 is 0 Å². The number of aromatic hydroxyl groups is 1. The van der Waals surface area contributed by atoms with Crippen LogP contribution >= 0.6 is 0 Å². The van der Waals surface area contributed by atoms with Crippen molar-refractivity contribution in [3.63, 3.8) is 0 Å². The molecule has 1 aliphatic carbocycles. The Balaban J connectivity index is 1.83. The van der Waals surface area contributed by atoms with Gasteiger partial charge in [0, 0.05) is 5.56 Å². The van der Waals surface area contributed by atoms with Gasteiger partial charge in [0.05, 0.1) is 24.2 Å². The predicted molar refractivity (Wildman–Crippen MR) is 94.7 cm³/mol. The van der Waals surface area contributed by atoms with E-state index in [1.165, 1.54) is 24.3 Å². The highest BCUT2D eigenvalue weighted by molar-refractivity contribution is 6.13. The van der Waals surface area contributed by atoms with Crippen LogP contribution < -0.4 is 10.6 Å². The normalized spacial score (nSPS) is 19.8. The molecule has 26 heavy (non-hydrogen) atoms. The van der Waals surface area contributed by atoms with Crippen molar-refractivity contribution in [2.24, 2.45) is 4.99 Å². The fourth-order valence-corrected chi connectivity index (χ4v) is 3.14. The zero-order chi connectivity index (χ0) is 18.4. The number of fused-ring (bicyclic) bond motifs is 1. The molecule has 2 aliphatic rings. The third-order valence-corrected chi connectivity index (χ3v) is 4.58. The van der Waals surface area contributed by atoms with Gasteiger partial charge in [-0.05, 0) is 42.7 Å². The average Bonchev–Trinajstić information content (AvgIpc) is 3.23. The second-order valence-electron chi connectivity index (χ2n) is 6.41. The lowest BCUT2D eigenvalue weighted by molar-refractivity contribution is 0.0974. The highest BCUT2D eigenvalue weighted by Gasteiger charge is 2.43. The molecule has 3 N–H and O–H groups in total. The maximum absolute atomic E-state index is 13.8. The van der Waals surface area contributed by atoms with Gasteiger partial charge < -0.3 is 10.4 Å². The monoisotopic (exact) mass is 350 g/mol. The molecule has 6 nitrogen and oxygen atoms in total. The van der Waals surface area contributed by atoms with Crippen LogP contribution in [0.2, 0.25) is 0 Å². The summed E-state index contributed by atoms with van der Waals surface area (Å²) in [6, 6.07) is 7.30. The minimum Gasteiger partial charge on any atom is -0.507 e. The number of nitrogens with one attached hydrogen (secondary N) is 2. The number of carbonyl (C=O) groups excluding carboxylic acids is 1. The lowest BCUT2D eigenvalue weighted by Crippen LogP contribution is -2.40. The van der Waals surface area contributed by atoms with Crippen molar-refractivity contribution in [3.8, 4) is 16.9 Å². The molecule has 0 spiro atoms. The first kappa shape index (κ1) is 16.1. The van der Waals surface area contributed by atoms with Gasteiger partial charge in [-0.15, -0.1) is 0 Å². The summed E-state index contributed by atoms with van der Waals surface area (Å²) < 4.78 is 13.8. The smallest absolute Gasteiger partial charge is 0.261 e. The fraction of sp³-hybridized carbons (Fsp3) is 0.211. The quantitative estimate of drug-likeness (QED) is 0.729. The second kappa shape index (κ2) is 5.85. The van der Waals surface area contributed by atoms with Crippen LogP contribution in [-0.4, -0.2) is 29.1 Å². The zero-order valence-electron chi connectivity index (χ0n) is 13.9. The Morgan fingerprint density at radius 1 is 1.42 bits per heavy atom. The molecular formula is C19H15FN4O2. The summed E-state index contributed by atoms with van der Waals surface area (Å²) in [5.74, 6) is -1.01. The van der Waals surface area contributed by atoms with Crippen molar-refractivity contribution in [1.82, 2.24) is 10.6 Å². The first-order chi connectivity index (χ1) is 12.5. The largest absolute Gasteiger partial charge is 0.507 e. The molecule has 0 radical (unpaired) electrons. The average molecular weight is 350 g/mol. The number of aliphatic imine (C=N–C) groups is 1. The molecule has 130 valence electrons. The van der Waals surface area contributed by atoms with E-state index in [0.29, 0.717) is 17.1 Å². The van der Waals surface area contributed by atoms with Crippen molar-refractivity contribution in [3.05, 3.63) is 58.7 Å². The Morgan fingerprint density at radius 2 is 2.23 bits per heavy atom. The summed E-state index contributed by atoms with van der Waals surface area (Å²) in [5.41, 5.74) is 1.37. The number of phenols is 1. The molecule has 2 atom stereocenters. The van der Waals surface area contributed by atoms with E-state index in [9.17, 15) is 14.3 Å². The molecule has 7 heteroatoms. The van der Waals surface area contributed by atoms with Crippen molar-refractivity contribution in [2.75, 3.05) is 0 Å². The summed E-state index contributed by atoms with van der Waals surface area (Å²) in [6.07, 6.45) is 0.950. The van der Waals surface area contributed by atoms with Gasteiger partial charge in [-0.3, -0.25) is 10.1 Å². The fourth-order valence-electron chi connectivity index (χ4n) is 3.14. The van der Waals surface area contributed by atoms with Crippen molar-refractivity contribution in [2.45, 2.75) is 25.4 Å². The molecule has 2 aromatic carbocycles. The predicted octanol–water partition coefficient (Wildman–Crippen LogP) is 2.89. The Labute approximate surface area is 149 Å². The van der Waals surface area contributed by atoms with E-state index < -0.39 is 11.7 Å². The van der Waals surface area contributed by atoms with Crippen LogP contribution in [0.1, 0.15) is 22.3 Å². The summed E-state index contributed by atoms with van der Waals surface area (Å²) >= 11 is 0. The molecule has 1 fully saturated rings. The molecule has 1 heterocycles. The first-order valence-corrected chi connectivity index (χ1v) is 8.13. The number of phenolic OH excluding ortho intramolecular Hbond substituents is 1. The number of carbonyl (C=O) groups is 1. The van der Waals surface area contributed by atoms with Crippen LogP contribution in [0, 0.1) is 19.3 Å². The molecule has 0 bridgehead atoms. The van der Waals surface area contributed by atoms with Gasteiger partial charge in [0.1, 0.15) is 11.6 Å². The number of benzene rings is 2. The lowest BCUT2D eigenvalue weighted by Gasteiger charge is -2.16. The number of amides is 1. The standard InChI is InChI=1S/C19H15FN4O2/c1-9-3-4-10(20)7-11(9)16-12(21-2)5-6-15(25)17(16)18(26)24-19-22-13-8-14(13)23-19/h3-7,13-14,25H,8H2,1H3,(H2,22,23,24,26). The van der Waals surface area contributed by atoms with Crippen molar-refractivity contribution >= 4 is 17.6 Å². The minimum atomic E-state index is -0.598. The number of nitrogens with zero attached hydrogens (tertiary/aromatic N) is 2. The molecule has 4 rings (SSSR count). The van der Waals surface area contributed by atoms with Crippen LogP contribution in [0.5, 0.6) is 5.75 Å². The highest BCUT2D eigenvalue weighted by Crippen LogP contribution is 2.40. The molecule has 1 saturated carbocycles. The van der Waals surface area contributed by atoms with E-state index in [0.717, 1.165) is 6.42 Å². The van der Waals surface area contributed by atoms with Gasteiger partial charge in [-0.2, -0.15) is 0 Å². The molecule has 1 amide bonds. The number of aryl methyl sites for hydroxylation is 1. The number of rotatable bonds is 2. The molecule has 1 aliphatic heterocycles. The molecule has 0 aromatic heterocycles. The molecule has 2 unspecified atom stereocenters. The van der Waals surface area contributed by atoms with Gasteiger partial charge in [0.2, 0.25) is 0 Å². The van der Waals surface area contributed by atoms with Crippen LogP contribution in [0.3, 0.4) is 0 Å². The highest BCUT2D eigenvalue weighted by atomic mass is 19.1. The van der Waals surface area contributed by atoms with Crippen molar-refractivity contribution < 1.29 is 14.3 Å². The zero-order valence-corrected chi connectivity index (χ0v) is 13.9. The number of hydrogen-bond donors (Lipinski definition) is 3. The lowest BCUT2D eigenvalue weighted by atomic mass is 9.93. The number of hydrogen-bond acceptors (Lipinski definition) is 4. The Kier molecular flexibility index (Phi) is 3.62.